The second kappa shape index (κ2) is 4.94. The maximum absolute atomic E-state index is 11.2. The molecule has 0 heterocycles. The lowest BCUT2D eigenvalue weighted by Crippen LogP contribution is -2.01. The highest BCUT2D eigenvalue weighted by Gasteiger charge is 2.15. The quantitative estimate of drug-likeness (QED) is 0.797. The number of carbonyl (C=O) groups excluding carboxylic acids is 1. The summed E-state index contributed by atoms with van der Waals surface area (Å²) in [6, 6.07) is 5.54. The number of Topliss-reactive ketones (excluding diaryl/α,β-unsaturated/α-hetero) is 1. The molecule has 1 aromatic carbocycles. The van der Waals surface area contributed by atoms with Crippen molar-refractivity contribution in [3.63, 3.8) is 0 Å². The van der Waals surface area contributed by atoms with Crippen LogP contribution < -0.4 is 4.74 Å². The molecule has 0 aliphatic heterocycles. The molecule has 2 nitrogen and oxygen atoms in total. The normalized spacial score (nSPS) is 12.3. The van der Waals surface area contributed by atoms with Crippen molar-refractivity contribution in [1.82, 2.24) is 0 Å². The molecule has 0 aliphatic carbocycles. The Bertz CT molecular complexity index is 350. The largest absolute Gasteiger partial charge is 0.497 e. The van der Waals surface area contributed by atoms with E-state index in [1.807, 2.05) is 18.2 Å². The predicted molar refractivity (Wildman–Crippen MR) is 63.0 cm³/mol. The van der Waals surface area contributed by atoms with Crippen molar-refractivity contribution >= 4 is 37.6 Å². The molecular formula is C10H10Br2O2. The fourth-order valence-electron chi connectivity index (χ4n) is 1.06. The van der Waals surface area contributed by atoms with Crippen molar-refractivity contribution in [3.05, 3.63) is 28.2 Å². The zero-order valence-corrected chi connectivity index (χ0v) is 11.1. The van der Waals surface area contributed by atoms with Gasteiger partial charge in [-0.05, 0) is 24.6 Å². The van der Waals surface area contributed by atoms with Crippen LogP contribution in [0.25, 0.3) is 0 Å². The Morgan fingerprint density at radius 3 is 2.57 bits per heavy atom. The van der Waals surface area contributed by atoms with Gasteiger partial charge in [-0.3, -0.25) is 4.79 Å². The topological polar surface area (TPSA) is 26.3 Å². The maximum atomic E-state index is 11.2. The Hall–Kier alpha value is -0.350. The van der Waals surface area contributed by atoms with Crippen LogP contribution in [0.3, 0.4) is 0 Å². The first-order valence-electron chi connectivity index (χ1n) is 4.04. The second-order valence-corrected chi connectivity index (χ2v) is 4.63. The molecule has 0 radical (unpaired) electrons. The highest BCUT2D eigenvalue weighted by molar-refractivity contribution is 9.11. The van der Waals surface area contributed by atoms with E-state index in [9.17, 15) is 4.79 Å². The summed E-state index contributed by atoms with van der Waals surface area (Å²) in [7, 11) is 1.61. The molecule has 4 heteroatoms. The molecule has 1 rings (SSSR count). The Morgan fingerprint density at radius 2 is 2.14 bits per heavy atom. The van der Waals surface area contributed by atoms with Gasteiger partial charge in [0.05, 0.1) is 11.9 Å². The number of ketones is 1. The standard InChI is InChI=1S/C10H10Br2O2/c1-6(13)10(12)8-4-3-7(14-2)5-9(8)11/h3-5,10H,1-2H3. The van der Waals surface area contributed by atoms with Gasteiger partial charge >= 0.3 is 0 Å². The number of halogens is 2. The average molecular weight is 322 g/mol. The van der Waals surface area contributed by atoms with Gasteiger partial charge in [0.1, 0.15) is 11.5 Å². The maximum Gasteiger partial charge on any atom is 0.147 e. The molecule has 1 unspecified atom stereocenters. The van der Waals surface area contributed by atoms with Gasteiger partial charge < -0.3 is 4.74 Å². The Labute approximate surface area is 99.9 Å². The van der Waals surface area contributed by atoms with Crippen LogP contribution in [0.5, 0.6) is 5.75 Å². The number of rotatable bonds is 3. The lowest BCUT2D eigenvalue weighted by molar-refractivity contribution is -0.116. The third kappa shape index (κ3) is 2.58. The molecule has 14 heavy (non-hydrogen) atoms. The molecule has 0 spiro atoms. The van der Waals surface area contributed by atoms with Crippen LogP contribution in [0.1, 0.15) is 17.3 Å². The van der Waals surface area contributed by atoms with Crippen molar-refractivity contribution in [3.8, 4) is 5.75 Å². The first kappa shape index (κ1) is 11.7. The summed E-state index contributed by atoms with van der Waals surface area (Å²) in [5.41, 5.74) is 0.915. The Morgan fingerprint density at radius 1 is 1.50 bits per heavy atom. The monoisotopic (exact) mass is 320 g/mol. The van der Waals surface area contributed by atoms with E-state index in [0.717, 1.165) is 15.8 Å². The third-order valence-electron chi connectivity index (χ3n) is 1.84. The van der Waals surface area contributed by atoms with E-state index >= 15 is 0 Å². The smallest absolute Gasteiger partial charge is 0.147 e. The lowest BCUT2D eigenvalue weighted by Gasteiger charge is -2.10. The first-order chi connectivity index (χ1) is 6.56. The number of carbonyl (C=O) groups is 1. The van der Waals surface area contributed by atoms with Gasteiger partial charge in [0.2, 0.25) is 0 Å². The van der Waals surface area contributed by atoms with Gasteiger partial charge in [0.15, 0.2) is 0 Å². The highest BCUT2D eigenvalue weighted by atomic mass is 79.9. The van der Waals surface area contributed by atoms with Gasteiger partial charge in [-0.2, -0.15) is 0 Å². The lowest BCUT2D eigenvalue weighted by atomic mass is 10.1. The molecule has 0 aromatic heterocycles. The van der Waals surface area contributed by atoms with Crippen molar-refractivity contribution in [1.29, 1.82) is 0 Å². The van der Waals surface area contributed by atoms with E-state index in [1.54, 1.807) is 14.0 Å². The van der Waals surface area contributed by atoms with Crippen LogP contribution in [0.4, 0.5) is 0 Å². The summed E-state index contributed by atoms with van der Waals surface area (Å²) in [4.78, 5) is 10.9. The van der Waals surface area contributed by atoms with Crippen LogP contribution in [0, 0.1) is 0 Å². The van der Waals surface area contributed by atoms with Crippen LogP contribution in [0.2, 0.25) is 0 Å². The van der Waals surface area contributed by atoms with Crippen LogP contribution in [-0.4, -0.2) is 12.9 Å². The summed E-state index contributed by atoms with van der Waals surface area (Å²) in [6.07, 6.45) is 0. The fraction of sp³-hybridized carbons (Fsp3) is 0.300. The molecule has 76 valence electrons. The van der Waals surface area contributed by atoms with Crippen molar-refractivity contribution < 1.29 is 9.53 Å². The van der Waals surface area contributed by atoms with Gasteiger partial charge in [0.25, 0.3) is 0 Å². The van der Waals surface area contributed by atoms with Crippen LogP contribution >= 0.6 is 31.9 Å². The summed E-state index contributed by atoms with van der Waals surface area (Å²) in [5.74, 6) is 0.847. The van der Waals surface area contributed by atoms with Crippen molar-refractivity contribution in [2.45, 2.75) is 11.8 Å². The number of alkyl halides is 1. The van der Waals surface area contributed by atoms with E-state index < -0.39 is 0 Å². The van der Waals surface area contributed by atoms with E-state index in [2.05, 4.69) is 31.9 Å². The molecule has 0 saturated carbocycles. The summed E-state index contributed by atoms with van der Waals surface area (Å²) >= 11 is 6.72. The average Bonchev–Trinajstić information content (AvgIpc) is 2.16. The molecule has 0 saturated heterocycles. The highest BCUT2D eigenvalue weighted by Crippen LogP contribution is 2.32. The Balaban J connectivity index is 3.05. The van der Waals surface area contributed by atoms with E-state index in [-0.39, 0.29) is 10.6 Å². The Kier molecular flexibility index (Phi) is 4.13. The fourth-order valence-corrected chi connectivity index (χ4v) is 2.35. The minimum Gasteiger partial charge on any atom is -0.497 e. The number of methoxy groups -OCH3 is 1. The number of benzene rings is 1. The summed E-state index contributed by atoms with van der Waals surface area (Å²) < 4.78 is 5.93. The SMILES string of the molecule is COc1ccc(C(Br)C(C)=O)c(Br)c1. The predicted octanol–water partition coefficient (Wildman–Crippen LogP) is 3.48. The van der Waals surface area contributed by atoms with Crippen molar-refractivity contribution in [2.75, 3.05) is 7.11 Å². The summed E-state index contributed by atoms with van der Waals surface area (Å²) in [6.45, 7) is 1.55. The molecule has 0 fully saturated rings. The number of ether oxygens (including phenoxy) is 1. The number of hydrogen-bond acceptors (Lipinski definition) is 2. The van der Waals surface area contributed by atoms with Gasteiger partial charge in [-0.1, -0.05) is 37.9 Å². The van der Waals surface area contributed by atoms with E-state index in [1.165, 1.54) is 0 Å². The molecule has 0 bridgehead atoms. The minimum absolute atomic E-state index is 0.0795. The minimum atomic E-state index is -0.261. The molecule has 1 aromatic rings. The second-order valence-electron chi connectivity index (χ2n) is 2.86. The zero-order valence-electron chi connectivity index (χ0n) is 7.88. The number of hydrogen-bond donors (Lipinski definition) is 0. The molecule has 1 atom stereocenters. The first-order valence-corrected chi connectivity index (χ1v) is 5.75. The molecule has 0 aliphatic rings. The molecule has 0 amide bonds. The van der Waals surface area contributed by atoms with Gasteiger partial charge in [0, 0.05) is 4.47 Å². The third-order valence-corrected chi connectivity index (χ3v) is 3.66. The van der Waals surface area contributed by atoms with Gasteiger partial charge in [-0.25, -0.2) is 0 Å². The summed E-state index contributed by atoms with van der Waals surface area (Å²) in [5, 5.41) is 0. The van der Waals surface area contributed by atoms with Gasteiger partial charge in [-0.15, -0.1) is 0 Å². The molecule has 0 N–H and O–H groups in total. The van der Waals surface area contributed by atoms with Crippen LogP contribution in [-0.2, 0) is 4.79 Å². The van der Waals surface area contributed by atoms with E-state index in [0.29, 0.717) is 0 Å². The van der Waals surface area contributed by atoms with Crippen LogP contribution in [0.15, 0.2) is 22.7 Å². The zero-order chi connectivity index (χ0) is 10.7. The van der Waals surface area contributed by atoms with Crippen molar-refractivity contribution in [2.24, 2.45) is 0 Å². The van der Waals surface area contributed by atoms with E-state index in [4.69, 9.17) is 4.74 Å². The molecular weight excluding hydrogens is 312 g/mol.